The lowest BCUT2D eigenvalue weighted by Gasteiger charge is -2.41. The highest BCUT2D eigenvalue weighted by Gasteiger charge is 2.35. The molecule has 5 heteroatoms. The highest BCUT2D eigenvalue weighted by molar-refractivity contribution is 5.21. The first-order valence-corrected chi connectivity index (χ1v) is 8.07. The molecule has 0 N–H and O–H groups in total. The summed E-state index contributed by atoms with van der Waals surface area (Å²) in [5.74, 6) is 0.170. The number of aryl methyl sites for hydroxylation is 1. The molecule has 23 heavy (non-hydrogen) atoms. The van der Waals surface area contributed by atoms with Crippen LogP contribution in [0.4, 0.5) is 4.39 Å². The third-order valence-corrected chi connectivity index (χ3v) is 4.64. The van der Waals surface area contributed by atoms with Crippen LogP contribution in [-0.2, 0) is 17.4 Å². The molecule has 0 unspecified atom stereocenters. The van der Waals surface area contributed by atoms with Gasteiger partial charge in [-0.15, -0.1) is 0 Å². The van der Waals surface area contributed by atoms with E-state index in [2.05, 4.69) is 23.8 Å². The Morgan fingerprint density at radius 3 is 2.74 bits per heavy atom. The number of ether oxygens (including phenoxy) is 1. The summed E-state index contributed by atoms with van der Waals surface area (Å²) < 4.78 is 20.9. The Morgan fingerprint density at radius 2 is 2.09 bits per heavy atom. The van der Waals surface area contributed by atoms with E-state index in [1.54, 1.807) is 0 Å². The summed E-state index contributed by atoms with van der Waals surface area (Å²) in [5, 5.41) is 4.26. The molecule has 1 aromatic carbocycles. The van der Waals surface area contributed by atoms with Crippen molar-refractivity contribution in [1.29, 1.82) is 0 Å². The molecule has 0 spiro atoms. The van der Waals surface area contributed by atoms with E-state index in [0.717, 1.165) is 25.2 Å². The van der Waals surface area contributed by atoms with Gasteiger partial charge in [0.15, 0.2) is 0 Å². The van der Waals surface area contributed by atoms with Crippen LogP contribution in [0.1, 0.15) is 30.9 Å². The molecule has 1 aliphatic rings. The van der Waals surface area contributed by atoms with Crippen LogP contribution in [-0.4, -0.2) is 40.9 Å². The van der Waals surface area contributed by atoms with E-state index in [1.165, 1.54) is 17.7 Å². The molecule has 2 heterocycles. The zero-order valence-corrected chi connectivity index (χ0v) is 14.0. The fourth-order valence-electron chi connectivity index (χ4n) is 3.26. The van der Waals surface area contributed by atoms with Crippen molar-refractivity contribution in [2.75, 3.05) is 26.2 Å². The number of nitrogens with zero attached hydrogens (tertiary/aromatic N) is 3. The van der Waals surface area contributed by atoms with Gasteiger partial charge in [0, 0.05) is 38.4 Å². The summed E-state index contributed by atoms with van der Waals surface area (Å²) in [6.07, 6.45) is 3.90. The number of morpholine rings is 1. The third kappa shape index (κ3) is 3.62. The van der Waals surface area contributed by atoms with E-state index in [0.29, 0.717) is 12.5 Å². The van der Waals surface area contributed by atoms with Gasteiger partial charge in [-0.05, 0) is 30.5 Å². The van der Waals surface area contributed by atoms with Crippen LogP contribution in [0.5, 0.6) is 0 Å². The normalized spacial score (nSPS) is 23.8. The van der Waals surface area contributed by atoms with Gasteiger partial charge >= 0.3 is 0 Å². The van der Waals surface area contributed by atoms with E-state index >= 15 is 0 Å². The molecule has 1 aromatic heterocycles. The summed E-state index contributed by atoms with van der Waals surface area (Å²) in [7, 11) is 1.92. The predicted molar refractivity (Wildman–Crippen MR) is 87.8 cm³/mol. The highest BCUT2D eigenvalue weighted by Crippen LogP contribution is 2.30. The zero-order chi connectivity index (χ0) is 16.4. The lowest BCUT2D eigenvalue weighted by atomic mass is 9.95. The molecule has 1 fully saturated rings. The van der Waals surface area contributed by atoms with E-state index < -0.39 is 0 Å². The Morgan fingerprint density at radius 1 is 1.35 bits per heavy atom. The topological polar surface area (TPSA) is 30.3 Å². The predicted octanol–water partition coefficient (Wildman–Crippen LogP) is 2.91. The van der Waals surface area contributed by atoms with Crippen molar-refractivity contribution in [1.82, 2.24) is 14.7 Å². The largest absolute Gasteiger partial charge is 0.368 e. The second-order valence-electron chi connectivity index (χ2n) is 6.67. The first-order valence-electron chi connectivity index (χ1n) is 8.07. The molecule has 0 saturated carbocycles. The van der Waals surface area contributed by atoms with Crippen LogP contribution in [0.3, 0.4) is 0 Å². The summed E-state index contributed by atoms with van der Waals surface area (Å²) in [5.41, 5.74) is 1.95. The Kier molecular flexibility index (Phi) is 4.50. The summed E-state index contributed by atoms with van der Waals surface area (Å²) in [4.78, 5) is 2.42. The van der Waals surface area contributed by atoms with Crippen LogP contribution < -0.4 is 0 Å². The minimum atomic E-state index is -0.324. The van der Waals surface area contributed by atoms with Crippen LogP contribution in [0, 0.1) is 5.82 Å². The Hall–Kier alpha value is -1.72. The van der Waals surface area contributed by atoms with Crippen molar-refractivity contribution in [3.63, 3.8) is 0 Å². The molecular formula is C18H24FN3O. The van der Waals surface area contributed by atoms with E-state index in [4.69, 9.17) is 4.74 Å². The van der Waals surface area contributed by atoms with Crippen LogP contribution >= 0.6 is 0 Å². The van der Waals surface area contributed by atoms with E-state index in [-0.39, 0.29) is 11.4 Å². The molecule has 0 radical (unpaired) electrons. The average molecular weight is 317 g/mol. The van der Waals surface area contributed by atoms with Crippen molar-refractivity contribution in [3.8, 4) is 0 Å². The minimum absolute atomic E-state index is 0.184. The molecule has 3 rings (SSSR count). The van der Waals surface area contributed by atoms with Gasteiger partial charge in [-0.3, -0.25) is 9.58 Å². The van der Waals surface area contributed by atoms with Crippen molar-refractivity contribution < 1.29 is 9.13 Å². The van der Waals surface area contributed by atoms with Crippen molar-refractivity contribution >= 4 is 0 Å². The smallest absolute Gasteiger partial charge is 0.123 e. The number of aromatic nitrogens is 2. The lowest BCUT2D eigenvalue weighted by molar-refractivity contribution is -0.104. The second-order valence-corrected chi connectivity index (χ2v) is 6.67. The summed E-state index contributed by atoms with van der Waals surface area (Å²) >= 11 is 0. The quantitative estimate of drug-likeness (QED) is 0.868. The van der Waals surface area contributed by atoms with Gasteiger partial charge in [-0.2, -0.15) is 5.10 Å². The first kappa shape index (κ1) is 16.1. The molecule has 4 nitrogen and oxygen atoms in total. The van der Waals surface area contributed by atoms with Gasteiger partial charge in [0.05, 0.1) is 12.8 Å². The number of benzene rings is 1. The molecule has 1 saturated heterocycles. The van der Waals surface area contributed by atoms with E-state index in [1.807, 2.05) is 36.3 Å². The maximum Gasteiger partial charge on any atom is 0.123 e. The molecule has 2 atom stereocenters. The van der Waals surface area contributed by atoms with Gasteiger partial charge in [0.25, 0.3) is 0 Å². The fourth-order valence-corrected chi connectivity index (χ4v) is 3.26. The Labute approximate surface area is 136 Å². The number of rotatable bonds is 4. The maximum atomic E-state index is 13.1. The number of hydrogen-bond donors (Lipinski definition) is 0. The monoisotopic (exact) mass is 317 g/mol. The van der Waals surface area contributed by atoms with Gasteiger partial charge in [-0.1, -0.05) is 19.1 Å². The van der Waals surface area contributed by atoms with Gasteiger partial charge in [-0.25, -0.2) is 4.39 Å². The molecule has 124 valence electrons. The summed E-state index contributed by atoms with van der Waals surface area (Å²) in [6, 6.07) is 6.82. The van der Waals surface area contributed by atoms with Crippen LogP contribution in [0.2, 0.25) is 0 Å². The standard InChI is InChI=1S/C18H24FN3O/c1-14(15-4-6-17(19)7-5-15)11-22-8-9-23-18(2,13-22)16-10-20-21(3)12-16/h4-7,10,12,14H,8-9,11,13H2,1-3H3/t14-,18-/m1/s1. The van der Waals surface area contributed by atoms with Gasteiger partial charge in [0.2, 0.25) is 0 Å². The Balaban J connectivity index is 1.67. The highest BCUT2D eigenvalue weighted by atomic mass is 19.1. The van der Waals surface area contributed by atoms with Crippen molar-refractivity contribution in [3.05, 3.63) is 53.6 Å². The molecule has 0 bridgehead atoms. The lowest BCUT2D eigenvalue weighted by Crippen LogP contribution is -2.49. The molecule has 0 aliphatic carbocycles. The van der Waals surface area contributed by atoms with E-state index in [9.17, 15) is 4.39 Å². The maximum absolute atomic E-state index is 13.1. The second kappa shape index (κ2) is 6.42. The third-order valence-electron chi connectivity index (χ3n) is 4.64. The SMILES string of the molecule is C[C@H](CN1CCO[C@@](C)(c2cnn(C)c2)C1)c1ccc(F)cc1. The Bertz CT molecular complexity index is 655. The first-order chi connectivity index (χ1) is 11.0. The zero-order valence-electron chi connectivity index (χ0n) is 14.0. The van der Waals surface area contributed by atoms with Crippen molar-refractivity contribution in [2.45, 2.75) is 25.4 Å². The van der Waals surface area contributed by atoms with Gasteiger partial charge < -0.3 is 4.74 Å². The molecule has 2 aromatic rings. The fraction of sp³-hybridized carbons (Fsp3) is 0.500. The van der Waals surface area contributed by atoms with Gasteiger partial charge in [0.1, 0.15) is 11.4 Å². The minimum Gasteiger partial charge on any atom is -0.368 e. The number of hydrogen-bond acceptors (Lipinski definition) is 3. The molecule has 0 amide bonds. The summed E-state index contributed by atoms with van der Waals surface area (Å²) in [6.45, 7) is 7.71. The van der Waals surface area contributed by atoms with Crippen LogP contribution in [0.25, 0.3) is 0 Å². The molecule has 1 aliphatic heterocycles. The molecular weight excluding hydrogens is 293 g/mol. The average Bonchev–Trinajstić information content (AvgIpc) is 2.95. The van der Waals surface area contributed by atoms with Crippen molar-refractivity contribution in [2.24, 2.45) is 7.05 Å². The van der Waals surface area contributed by atoms with Crippen LogP contribution in [0.15, 0.2) is 36.7 Å². The number of halogens is 1.